The summed E-state index contributed by atoms with van der Waals surface area (Å²) in [5.41, 5.74) is 0.381. The Bertz CT molecular complexity index is 1180. The summed E-state index contributed by atoms with van der Waals surface area (Å²) in [4.78, 5) is 55.0. The SMILES string of the molecule is CC(C)(C)OC(=O)NC1CCN(C(=O)C(C)(C)NC(=O)c2cc3c(n(CC4CCCCC4)c2=O)CCCCCC3)CC1. The number of amides is 3. The summed E-state index contributed by atoms with van der Waals surface area (Å²) in [6.07, 6.45) is 12.9. The van der Waals surface area contributed by atoms with Crippen LogP contribution in [0.5, 0.6) is 0 Å². The molecule has 3 aliphatic rings. The minimum Gasteiger partial charge on any atom is -0.444 e. The van der Waals surface area contributed by atoms with E-state index in [0.29, 0.717) is 38.4 Å². The summed E-state index contributed by atoms with van der Waals surface area (Å²) in [5, 5.41) is 5.81. The fraction of sp³-hybridized carbons (Fsp3) is 0.758. The molecule has 1 aromatic rings. The Kier molecular flexibility index (Phi) is 10.4. The molecule has 42 heavy (non-hydrogen) atoms. The van der Waals surface area contributed by atoms with Crippen molar-refractivity contribution in [3.63, 3.8) is 0 Å². The van der Waals surface area contributed by atoms with Crippen molar-refractivity contribution < 1.29 is 19.1 Å². The lowest BCUT2D eigenvalue weighted by Crippen LogP contribution is -2.59. The second-order valence-electron chi connectivity index (χ2n) is 14.2. The number of rotatable bonds is 6. The van der Waals surface area contributed by atoms with E-state index in [4.69, 9.17) is 4.74 Å². The van der Waals surface area contributed by atoms with Crippen LogP contribution < -0.4 is 16.2 Å². The fourth-order valence-corrected chi connectivity index (χ4v) is 6.72. The molecule has 2 fully saturated rings. The van der Waals surface area contributed by atoms with Crippen molar-refractivity contribution in [3.05, 3.63) is 33.2 Å². The van der Waals surface area contributed by atoms with Crippen LogP contribution in [-0.2, 0) is 28.9 Å². The lowest BCUT2D eigenvalue weighted by atomic mass is 9.88. The van der Waals surface area contributed by atoms with Gasteiger partial charge in [-0.3, -0.25) is 14.4 Å². The molecule has 2 N–H and O–H groups in total. The predicted molar refractivity (Wildman–Crippen MR) is 164 cm³/mol. The molecule has 2 heterocycles. The van der Waals surface area contributed by atoms with Gasteiger partial charge in [-0.15, -0.1) is 0 Å². The van der Waals surface area contributed by atoms with E-state index in [1.54, 1.807) is 18.7 Å². The van der Waals surface area contributed by atoms with E-state index in [1.165, 1.54) is 25.7 Å². The number of ether oxygens (including phenoxy) is 1. The molecular formula is C33H52N4O5. The molecule has 234 valence electrons. The van der Waals surface area contributed by atoms with Gasteiger partial charge in [-0.05, 0) is 104 Å². The molecule has 1 aromatic heterocycles. The molecule has 4 rings (SSSR count). The van der Waals surface area contributed by atoms with E-state index >= 15 is 0 Å². The average Bonchev–Trinajstić information content (AvgIpc) is 2.90. The van der Waals surface area contributed by atoms with E-state index in [1.807, 2.05) is 31.4 Å². The number of hydrogen-bond donors (Lipinski definition) is 2. The molecule has 9 heteroatoms. The van der Waals surface area contributed by atoms with E-state index in [9.17, 15) is 19.2 Å². The van der Waals surface area contributed by atoms with E-state index in [-0.39, 0.29) is 23.1 Å². The normalized spacial score (nSPS) is 19.3. The van der Waals surface area contributed by atoms with Crippen LogP contribution in [-0.4, -0.2) is 57.6 Å². The van der Waals surface area contributed by atoms with E-state index < -0.39 is 23.1 Å². The summed E-state index contributed by atoms with van der Waals surface area (Å²) < 4.78 is 7.28. The summed E-state index contributed by atoms with van der Waals surface area (Å²) in [6.45, 7) is 10.5. The number of carbonyl (C=O) groups is 3. The smallest absolute Gasteiger partial charge is 0.407 e. The number of piperidine rings is 1. The summed E-state index contributed by atoms with van der Waals surface area (Å²) in [5.74, 6) is -0.211. The third-order valence-electron chi connectivity index (χ3n) is 8.97. The average molecular weight is 585 g/mol. The van der Waals surface area contributed by atoms with Crippen LogP contribution in [0, 0.1) is 5.92 Å². The van der Waals surface area contributed by atoms with Crippen molar-refractivity contribution in [1.82, 2.24) is 20.1 Å². The molecule has 0 unspecified atom stereocenters. The number of fused-ring (bicyclic) bond motifs is 1. The van der Waals surface area contributed by atoms with Crippen molar-refractivity contribution in [2.75, 3.05) is 13.1 Å². The van der Waals surface area contributed by atoms with Crippen LogP contribution in [0.3, 0.4) is 0 Å². The molecule has 9 nitrogen and oxygen atoms in total. The van der Waals surface area contributed by atoms with Crippen molar-refractivity contribution in [1.29, 1.82) is 0 Å². The van der Waals surface area contributed by atoms with Crippen molar-refractivity contribution in [2.24, 2.45) is 5.92 Å². The Morgan fingerprint density at radius 3 is 2.14 bits per heavy atom. The number of hydrogen-bond acceptors (Lipinski definition) is 5. The maximum absolute atomic E-state index is 13.9. The van der Waals surface area contributed by atoms with Gasteiger partial charge in [-0.1, -0.05) is 32.1 Å². The Morgan fingerprint density at radius 1 is 0.881 bits per heavy atom. The second kappa shape index (κ2) is 13.6. The molecule has 3 amide bonds. The van der Waals surface area contributed by atoms with Gasteiger partial charge in [0.2, 0.25) is 5.91 Å². The lowest BCUT2D eigenvalue weighted by Gasteiger charge is -2.37. The summed E-state index contributed by atoms with van der Waals surface area (Å²) in [6, 6.07) is 1.73. The van der Waals surface area contributed by atoms with Crippen LogP contribution >= 0.6 is 0 Å². The molecule has 0 radical (unpaired) electrons. The molecule has 0 spiro atoms. The first-order chi connectivity index (χ1) is 19.8. The fourth-order valence-electron chi connectivity index (χ4n) is 6.72. The van der Waals surface area contributed by atoms with Gasteiger partial charge in [0, 0.05) is 31.4 Å². The number of aryl methyl sites for hydroxylation is 1. The lowest BCUT2D eigenvalue weighted by molar-refractivity contribution is -0.137. The number of likely N-dealkylation sites (tertiary alicyclic amines) is 1. The number of alkyl carbamates (subject to hydrolysis) is 1. The van der Waals surface area contributed by atoms with Crippen LogP contribution in [0.4, 0.5) is 4.79 Å². The molecule has 0 aromatic carbocycles. The maximum Gasteiger partial charge on any atom is 0.407 e. The first-order valence-corrected chi connectivity index (χ1v) is 16.2. The first kappa shape index (κ1) is 32.1. The van der Waals surface area contributed by atoms with Crippen molar-refractivity contribution in [3.8, 4) is 0 Å². The molecule has 1 saturated carbocycles. The Labute approximate surface area is 251 Å². The second-order valence-corrected chi connectivity index (χ2v) is 14.2. The largest absolute Gasteiger partial charge is 0.444 e. The Hall–Kier alpha value is -2.84. The highest BCUT2D eigenvalue weighted by Crippen LogP contribution is 2.27. The number of nitrogens with one attached hydrogen (secondary N) is 2. The van der Waals surface area contributed by atoms with Gasteiger partial charge in [-0.25, -0.2) is 4.79 Å². The third-order valence-corrected chi connectivity index (χ3v) is 8.97. The van der Waals surface area contributed by atoms with Gasteiger partial charge in [0.1, 0.15) is 16.7 Å². The van der Waals surface area contributed by atoms with Crippen molar-refractivity contribution >= 4 is 17.9 Å². The van der Waals surface area contributed by atoms with E-state index in [2.05, 4.69) is 10.6 Å². The zero-order chi connectivity index (χ0) is 30.5. The van der Waals surface area contributed by atoms with Gasteiger partial charge < -0.3 is 24.8 Å². The standard InChI is InChI=1S/C33H52N4O5/c1-32(2,3)42-31(41)34-25-17-19-36(20-18-25)30(40)33(4,5)35-28(38)26-21-24-15-11-6-7-12-16-27(24)37(29(26)39)22-23-13-9-8-10-14-23/h21,23,25H,6-20,22H2,1-5H3,(H,34,41)(H,35,38). The van der Waals surface area contributed by atoms with Gasteiger partial charge in [0.15, 0.2) is 0 Å². The quantitative estimate of drug-likeness (QED) is 0.483. The van der Waals surface area contributed by atoms with Crippen molar-refractivity contribution in [2.45, 2.75) is 142 Å². The predicted octanol–water partition coefficient (Wildman–Crippen LogP) is 5.11. The molecule has 1 saturated heterocycles. The number of nitrogens with zero attached hydrogens (tertiary/aromatic N) is 2. The molecular weight excluding hydrogens is 532 g/mol. The van der Waals surface area contributed by atoms with Crippen LogP contribution in [0.25, 0.3) is 0 Å². The minimum absolute atomic E-state index is 0.0759. The maximum atomic E-state index is 13.9. The van der Waals surface area contributed by atoms with Gasteiger partial charge in [0.05, 0.1) is 0 Å². The molecule has 0 atom stereocenters. The number of carbonyl (C=O) groups excluding carboxylic acids is 3. The highest BCUT2D eigenvalue weighted by atomic mass is 16.6. The highest BCUT2D eigenvalue weighted by molar-refractivity contribution is 5.99. The molecule has 1 aliphatic heterocycles. The monoisotopic (exact) mass is 584 g/mol. The zero-order valence-electron chi connectivity index (χ0n) is 26.5. The first-order valence-electron chi connectivity index (χ1n) is 16.2. The van der Waals surface area contributed by atoms with Gasteiger partial charge >= 0.3 is 6.09 Å². The van der Waals surface area contributed by atoms with Crippen LogP contribution in [0.15, 0.2) is 10.9 Å². The molecule has 2 aliphatic carbocycles. The Balaban J connectivity index is 1.46. The molecule has 0 bridgehead atoms. The van der Waals surface area contributed by atoms with Gasteiger partial charge in [-0.2, -0.15) is 0 Å². The third kappa shape index (κ3) is 8.38. The van der Waals surface area contributed by atoms with Gasteiger partial charge in [0.25, 0.3) is 11.5 Å². The zero-order valence-corrected chi connectivity index (χ0v) is 26.5. The summed E-state index contributed by atoms with van der Waals surface area (Å²) in [7, 11) is 0. The number of pyridine rings is 1. The minimum atomic E-state index is -1.19. The van der Waals surface area contributed by atoms with Crippen LogP contribution in [0.2, 0.25) is 0 Å². The van der Waals surface area contributed by atoms with Crippen LogP contribution in [0.1, 0.15) is 127 Å². The topological polar surface area (TPSA) is 110 Å². The summed E-state index contributed by atoms with van der Waals surface area (Å²) >= 11 is 0. The highest BCUT2D eigenvalue weighted by Gasteiger charge is 2.37. The van der Waals surface area contributed by atoms with E-state index in [0.717, 1.165) is 56.2 Å². The Morgan fingerprint density at radius 2 is 1.50 bits per heavy atom. The number of aromatic nitrogens is 1.